The van der Waals surface area contributed by atoms with Gasteiger partial charge in [0.2, 0.25) is 0 Å². The van der Waals surface area contributed by atoms with E-state index in [0.29, 0.717) is 5.41 Å². The zero-order valence-corrected chi connectivity index (χ0v) is 12.4. The van der Waals surface area contributed by atoms with Crippen LogP contribution in [0, 0.1) is 5.41 Å². The molecule has 3 rings (SSSR count). The van der Waals surface area contributed by atoms with Crippen molar-refractivity contribution in [3.05, 3.63) is 29.3 Å². The van der Waals surface area contributed by atoms with Crippen LogP contribution in [0.3, 0.4) is 0 Å². The summed E-state index contributed by atoms with van der Waals surface area (Å²) in [6.45, 7) is 8.95. The van der Waals surface area contributed by atoms with Crippen LogP contribution >= 0.6 is 0 Å². The van der Waals surface area contributed by atoms with Gasteiger partial charge in [0.1, 0.15) is 11.4 Å². The van der Waals surface area contributed by atoms with Crippen molar-refractivity contribution in [2.24, 2.45) is 5.41 Å². The Morgan fingerprint density at radius 2 is 1.95 bits per heavy atom. The lowest BCUT2D eigenvalue weighted by Crippen LogP contribution is -2.41. The molecule has 1 aliphatic heterocycles. The molecule has 0 bridgehead atoms. The summed E-state index contributed by atoms with van der Waals surface area (Å²) in [5, 5.41) is 3.41. The zero-order chi connectivity index (χ0) is 13.5. The van der Waals surface area contributed by atoms with Gasteiger partial charge in [0, 0.05) is 18.7 Å². The van der Waals surface area contributed by atoms with E-state index in [4.69, 9.17) is 4.74 Å². The monoisotopic (exact) mass is 259 g/mol. The average Bonchev–Trinajstić information content (AvgIpc) is 2.75. The Bertz CT molecular complexity index is 480. The third-order valence-corrected chi connectivity index (χ3v) is 4.62. The third kappa shape index (κ3) is 2.64. The standard InChI is InChI=1S/C17H25NO/c1-16(2)8-5-9-17(3,12-16)19-15-7-4-6-13-10-18-11-14(13)15/h4,6-7,18H,5,8-12H2,1-3H3. The number of rotatable bonds is 2. The molecule has 104 valence electrons. The summed E-state index contributed by atoms with van der Waals surface area (Å²) in [6.07, 6.45) is 4.92. The van der Waals surface area contributed by atoms with Crippen LogP contribution in [0.4, 0.5) is 0 Å². The first-order chi connectivity index (χ1) is 8.98. The molecule has 1 aliphatic carbocycles. The molecule has 1 aromatic carbocycles. The van der Waals surface area contributed by atoms with Crippen LogP contribution in [0.25, 0.3) is 0 Å². The van der Waals surface area contributed by atoms with Crippen LogP contribution in [0.2, 0.25) is 0 Å². The van der Waals surface area contributed by atoms with Crippen LogP contribution in [0.5, 0.6) is 5.75 Å². The van der Waals surface area contributed by atoms with E-state index >= 15 is 0 Å². The molecular formula is C17H25NO. The molecule has 2 aliphatic rings. The summed E-state index contributed by atoms with van der Waals surface area (Å²) < 4.78 is 6.48. The second-order valence-electron chi connectivity index (χ2n) is 7.24. The molecule has 1 fully saturated rings. The predicted molar refractivity (Wildman–Crippen MR) is 78.3 cm³/mol. The van der Waals surface area contributed by atoms with Gasteiger partial charge < -0.3 is 10.1 Å². The van der Waals surface area contributed by atoms with Gasteiger partial charge in [0.05, 0.1) is 0 Å². The maximum atomic E-state index is 6.48. The van der Waals surface area contributed by atoms with Crippen molar-refractivity contribution in [2.75, 3.05) is 0 Å². The Labute approximate surface area is 116 Å². The fraction of sp³-hybridized carbons (Fsp3) is 0.647. The highest BCUT2D eigenvalue weighted by atomic mass is 16.5. The Hall–Kier alpha value is -1.02. The van der Waals surface area contributed by atoms with Crippen LogP contribution in [0.15, 0.2) is 18.2 Å². The quantitative estimate of drug-likeness (QED) is 0.866. The number of hydrogen-bond donors (Lipinski definition) is 1. The first kappa shape index (κ1) is 13.0. The molecule has 1 aromatic rings. The second-order valence-corrected chi connectivity index (χ2v) is 7.24. The number of fused-ring (bicyclic) bond motifs is 1. The molecule has 0 spiro atoms. The van der Waals surface area contributed by atoms with E-state index in [1.54, 1.807) is 0 Å². The van der Waals surface area contributed by atoms with Crippen LogP contribution in [0.1, 0.15) is 57.6 Å². The summed E-state index contributed by atoms with van der Waals surface area (Å²) in [5.41, 5.74) is 3.17. The van der Waals surface area contributed by atoms with Crippen LogP contribution in [-0.2, 0) is 13.1 Å². The number of hydrogen-bond acceptors (Lipinski definition) is 2. The molecule has 2 heteroatoms. The molecule has 1 saturated carbocycles. The second kappa shape index (κ2) is 4.52. The fourth-order valence-electron chi connectivity index (χ4n) is 3.88. The molecule has 19 heavy (non-hydrogen) atoms. The zero-order valence-electron chi connectivity index (χ0n) is 12.4. The van der Waals surface area contributed by atoms with E-state index in [-0.39, 0.29) is 5.60 Å². The van der Waals surface area contributed by atoms with E-state index in [2.05, 4.69) is 44.3 Å². The molecule has 0 saturated heterocycles. The van der Waals surface area contributed by atoms with Gasteiger partial charge in [-0.25, -0.2) is 0 Å². The SMILES string of the molecule is CC1(C)CCCC(C)(Oc2cccc3c2CNC3)C1. The Kier molecular flexibility index (Phi) is 3.09. The molecule has 2 nitrogen and oxygen atoms in total. The molecule has 0 amide bonds. The summed E-state index contributed by atoms with van der Waals surface area (Å²) in [6, 6.07) is 6.46. The van der Waals surface area contributed by atoms with Gasteiger partial charge in [-0.15, -0.1) is 0 Å². The third-order valence-electron chi connectivity index (χ3n) is 4.62. The number of nitrogens with one attached hydrogen (secondary N) is 1. The Morgan fingerprint density at radius 3 is 2.74 bits per heavy atom. The first-order valence-corrected chi connectivity index (χ1v) is 7.48. The van der Waals surface area contributed by atoms with Gasteiger partial charge in [0.15, 0.2) is 0 Å². The summed E-state index contributed by atoms with van der Waals surface area (Å²) in [5.74, 6) is 1.10. The van der Waals surface area contributed by atoms with Crippen LogP contribution < -0.4 is 10.1 Å². The molecule has 1 atom stereocenters. The van der Waals surface area contributed by atoms with Crippen molar-refractivity contribution in [3.8, 4) is 5.75 Å². The van der Waals surface area contributed by atoms with E-state index in [9.17, 15) is 0 Å². The summed E-state index contributed by atoms with van der Waals surface area (Å²) >= 11 is 0. The van der Waals surface area contributed by atoms with Crippen molar-refractivity contribution in [3.63, 3.8) is 0 Å². The van der Waals surface area contributed by atoms with E-state index in [1.165, 1.54) is 30.4 Å². The van der Waals surface area contributed by atoms with E-state index in [0.717, 1.165) is 25.3 Å². The summed E-state index contributed by atoms with van der Waals surface area (Å²) in [7, 11) is 0. The highest BCUT2D eigenvalue weighted by Gasteiger charge is 2.38. The largest absolute Gasteiger partial charge is 0.487 e. The van der Waals surface area contributed by atoms with Gasteiger partial charge >= 0.3 is 0 Å². The maximum absolute atomic E-state index is 6.48. The molecule has 0 radical (unpaired) electrons. The lowest BCUT2D eigenvalue weighted by atomic mass is 9.70. The lowest BCUT2D eigenvalue weighted by Gasteiger charge is -2.43. The molecule has 1 heterocycles. The molecule has 1 unspecified atom stereocenters. The highest BCUT2D eigenvalue weighted by Crippen LogP contribution is 2.43. The van der Waals surface area contributed by atoms with Crippen molar-refractivity contribution < 1.29 is 4.74 Å². The number of ether oxygens (including phenoxy) is 1. The smallest absolute Gasteiger partial charge is 0.124 e. The molecule has 0 aromatic heterocycles. The highest BCUT2D eigenvalue weighted by molar-refractivity contribution is 5.42. The fourth-order valence-corrected chi connectivity index (χ4v) is 3.88. The van der Waals surface area contributed by atoms with Gasteiger partial charge in [-0.2, -0.15) is 0 Å². The van der Waals surface area contributed by atoms with E-state index in [1.807, 2.05) is 0 Å². The van der Waals surface area contributed by atoms with Crippen molar-refractivity contribution >= 4 is 0 Å². The van der Waals surface area contributed by atoms with Crippen molar-refractivity contribution in [1.82, 2.24) is 5.32 Å². The minimum absolute atomic E-state index is 0.000532. The topological polar surface area (TPSA) is 21.3 Å². The minimum atomic E-state index is -0.000532. The van der Waals surface area contributed by atoms with Crippen molar-refractivity contribution in [2.45, 2.75) is 65.1 Å². The Balaban J connectivity index is 1.83. The predicted octanol–water partition coefficient (Wildman–Crippen LogP) is 4.03. The van der Waals surface area contributed by atoms with Gasteiger partial charge in [0.25, 0.3) is 0 Å². The Morgan fingerprint density at radius 1 is 1.11 bits per heavy atom. The number of benzene rings is 1. The van der Waals surface area contributed by atoms with Gasteiger partial charge in [-0.05, 0) is 49.7 Å². The van der Waals surface area contributed by atoms with Crippen LogP contribution in [-0.4, -0.2) is 5.60 Å². The first-order valence-electron chi connectivity index (χ1n) is 7.48. The van der Waals surface area contributed by atoms with Crippen molar-refractivity contribution in [1.29, 1.82) is 0 Å². The van der Waals surface area contributed by atoms with Gasteiger partial charge in [-0.3, -0.25) is 0 Å². The average molecular weight is 259 g/mol. The molecular weight excluding hydrogens is 234 g/mol. The summed E-state index contributed by atoms with van der Waals surface area (Å²) in [4.78, 5) is 0. The maximum Gasteiger partial charge on any atom is 0.124 e. The lowest BCUT2D eigenvalue weighted by molar-refractivity contribution is -0.00200. The minimum Gasteiger partial charge on any atom is -0.487 e. The molecule has 1 N–H and O–H groups in total. The van der Waals surface area contributed by atoms with Gasteiger partial charge in [-0.1, -0.05) is 26.0 Å². The normalized spacial score (nSPS) is 29.0. The van der Waals surface area contributed by atoms with E-state index < -0.39 is 0 Å².